The number of nitrogens with one attached hydrogen (secondary N) is 1. The first-order chi connectivity index (χ1) is 5.72. The van der Waals surface area contributed by atoms with Crippen LogP contribution in [0, 0.1) is 0 Å². The first-order valence-electron chi connectivity index (χ1n) is 3.94. The number of carbonyl (C=O) groups is 1. The molecule has 0 aliphatic heterocycles. The highest BCUT2D eigenvalue weighted by Gasteiger charge is 2.18. The van der Waals surface area contributed by atoms with Crippen molar-refractivity contribution in [2.24, 2.45) is 0 Å². The zero-order valence-corrected chi connectivity index (χ0v) is 9.25. The predicted molar refractivity (Wildman–Crippen MR) is 50.1 cm³/mol. The topological polar surface area (TPSA) is 75.6 Å². The maximum atomic E-state index is 11.0. The summed E-state index contributed by atoms with van der Waals surface area (Å²) in [5, 5.41) is 2.26. The largest absolute Gasteiger partial charge is 0.444 e. The minimum Gasteiger partial charge on any atom is -0.444 e. The lowest BCUT2D eigenvalue weighted by Crippen LogP contribution is -2.36. The fourth-order valence-corrected chi connectivity index (χ4v) is 0.787. The first-order valence-corrected chi connectivity index (χ1v) is 5.38. The number of hydrogen-bond acceptors (Lipinski definition) is 3. The van der Waals surface area contributed by atoms with Gasteiger partial charge in [-0.1, -0.05) is 0 Å². The molecule has 5 nitrogen and oxygen atoms in total. The van der Waals surface area contributed by atoms with Crippen molar-refractivity contribution >= 4 is 14.1 Å². The van der Waals surface area contributed by atoms with Gasteiger partial charge < -0.3 is 14.9 Å². The van der Waals surface area contributed by atoms with E-state index in [4.69, 9.17) is 9.63 Å². The summed E-state index contributed by atoms with van der Waals surface area (Å²) in [6.45, 7) is 6.61. The minimum absolute atomic E-state index is 0.588. The second-order valence-electron chi connectivity index (χ2n) is 3.71. The molecule has 0 aromatic carbocycles. The number of amides is 1. The molecule has 0 bridgehead atoms. The van der Waals surface area contributed by atoms with E-state index in [1.807, 2.05) is 0 Å². The van der Waals surface area contributed by atoms with Gasteiger partial charge in [0, 0.05) is 0 Å². The van der Waals surface area contributed by atoms with E-state index >= 15 is 0 Å². The van der Waals surface area contributed by atoms with Crippen molar-refractivity contribution in [3.63, 3.8) is 0 Å². The summed E-state index contributed by atoms with van der Waals surface area (Å²) in [5.41, 5.74) is -0.588. The van der Waals surface area contributed by atoms with E-state index in [2.05, 4.69) is 5.32 Å². The van der Waals surface area contributed by atoms with Gasteiger partial charge in [0.1, 0.15) is 11.4 Å². The molecule has 0 aromatic rings. The molecule has 1 amide bonds. The van der Waals surface area contributed by atoms with E-state index in [-0.39, 0.29) is 0 Å². The molecule has 0 radical (unpaired) electrons. The smallest absolute Gasteiger partial charge is 0.408 e. The Kier molecular flexibility index (Phi) is 4.44. The van der Waals surface area contributed by atoms with Gasteiger partial charge in [0.2, 0.25) is 8.03 Å². The van der Waals surface area contributed by atoms with Gasteiger partial charge in [0.05, 0.1) is 0 Å². The lowest BCUT2D eigenvalue weighted by atomic mass is 10.2. The van der Waals surface area contributed by atoms with Crippen LogP contribution in [0.2, 0.25) is 0 Å². The quantitative estimate of drug-likeness (QED) is 0.672. The van der Waals surface area contributed by atoms with Crippen LogP contribution in [0.4, 0.5) is 4.79 Å². The van der Waals surface area contributed by atoms with E-state index in [1.54, 1.807) is 20.8 Å². The van der Waals surface area contributed by atoms with E-state index in [0.717, 1.165) is 0 Å². The molecule has 0 spiro atoms. The van der Waals surface area contributed by atoms with Gasteiger partial charge in [-0.15, -0.1) is 0 Å². The SMILES string of the molecule is CC(NC(=O)OC(C)(C)C)[PH](=O)O. The van der Waals surface area contributed by atoms with Gasteiger partial charge in [-0.05, 0) is 27.7 Å². The van der Waals surface area contributed by atoms with Gasteiger partial charge >= 0.3 is 6.09 Å². The Balaban J connectivity index is 3.96. The van der Waals surface area contributed by atoms with Crippen molar-refractivity contribution in [3.8, 4) is 0 Å². The van der Waals surface area contributed by atoms with Crippen molar-refractivity contribution in [2.45, 2.75) is 39.1 Å². The zero-order valence-electron chi connectivity index (χ0n) is 8.25. The summed E-state index contributed by atoms with van der Waals surface area (Å²) in [4.78, 5) is 19.7. The Morgan fingerprint density at radius 1 is 1.54 bits per heavy atom. The lowest BCUT2D eigenvalue weighted by molar-refractivity contribution is 0.0521. The summed E-state index contributed by atoms with van der Waals surface area (Å²) in [7, 11) is -2.72. The molecule has 2 atom stereocenters. The van der Waals surface area contributed by atoms with Crippen LogP contribution in [0.5, 0.6) is 0 Å². The Labute approximate surface area is 78.3 Å². The Bertz CT molecular complexity index is 211. The molecule has 13 heavy (non-hydrogen) atoms. The Morgan fingerprint density at radius 2 is 2.00 bits per heavy atom. The second kappa shape index (κ2) is 4.63. The fourth-order valence-electron chi connectivity index (χ4n) is 0.546. The maximum absolute atomic E-state index is 11.0. The number of ether oxygens (including phenoxy) is 1. The Morgan fingerprint density at radius 3 is 2.31 bits per heavy atom. The molecule has 2 N–H and O–H groups in total. The van der Waals surface area contributed by atoms with Gasteiger partial charge in [-0.2, -0.15) is 0 Å². The number of rotatable bonds is 2. The molecule has 6 heteroatoms. The zero-order chi connectivity index (χ0) is 10.6. The van der Waals surface area contributed by atoms with Crippen molar-refractivity contribution in [2.75, 3.05) is 0 Å². The maximum Gasteiger partial charge on any atom is 0.408 e. The average molecular weight is 209 g/mol. The third kappa shape index (κ3) is 6.61. The van der Waals surface area contributed by atoms with E-state index in [0.29, 0.717) is 0 Å². The summed E-state index contributed by atoms with van der Waals surface area (Å²) < 4.78 is 15.4. The van der Waals surface area contributed by atoms with E-state index in [1.165, 1.54) is 6.92 Å². The summed E-state index contributed by atoms with van der Waals surface area (Å²) in [6.07, 6.45) is -0.674. The molecule has 2 unspecified atom stereocenters. The standard InChI is InChI=1S/C7H16NO4P/c1-5(13(10)11)8-6(9)12-7(2,3)4/h5,13H,1-4H3,(H,8,9)(H,10,11). The molecule has 0 aliphatic rings. The second-order valence-corrected chi connectivity index (χ2v) is 5.25. The molecular weight excluding hydrogens is 193 g/mol. The van der Waals surface area contributed by atoms with Gasteiger partial charge in [0.15, 0.2) is 0 Å². The minimum atomic E-state index is -2.72. The highest BCUT2D eigenvalue weighted by atomic mass is 31.1. The molecule has 0 saturated carbocycles. The van der Waals surface area contributed by atoms with Crippen LogP contribution >= 0.6 is 8.03 Å². The van der Waals surface area contributed by atoms with Gasteiger partial charge in [-0.25, -0.2) is 4.79 Å². The summed E-state index contributed by atoms with van der Waals surface area (Å²) in [5.74, 6) is -0.750. The average Bonchev–Trinajstić information content (AvgIpc) is 1.81. The van der Waals surface area contributed by atoms with Crippen molar-refractivity contribution < 1.29 is 19.0 Å². The monoisotopic (exact) mass is 209 g/mol. The van der Waals surface area contributed by atoms with Crippen LogP contribution in [-0.4, -0.2) is 22.4 Å². The van der Waals surface area contributed by atoms with Crippen LogP contribution in [-0.2, 0) is 9.30 Å². The van der Waals surface area contributed by atoms with E-state index in [9.17, 15) is 9.36 Å². The lowest BCUT2D eigenvalue weighted by Gasteiger charge is -2.20. The molecule has 0 fully saturated rings. The molecule has 0 saturated heterocycles. The predicted octanol–water partition coefficient (Wildman–Crippen LogP) is 1.32. The molecule has 78 valence electrons. The molecule has 0 aromatic heterocycles. The molecule has 0 heterocycles. The summed E-state index contributed by atoms with van der Waals surface area (Å²) in [6, 6.07) is 0. The Hall–Kier alpha value is -0.540. The van der Waals surface area contributed by atoms with Crippen LogP contribution in [0.1, 0.15) is 27.7 Å². The summed E-state index contributed by atoms with van der Waals surface area (Å²) >= 11 is 0. The third-order valence-corrected chi connectivity index (χ3v) is 1.99. The van der Waals surface area contributed by atoms with E-state index < -0.39 is 25.5 Å². The van der Waals surface area contributed by atoms with Crippen molar-refractivity contribution in [1.82, 2.24) is 5.32 Å². The fraction of sp³-hybridized carbons (Fsp3) is 0.857. The normalized spacial score (nSPS) is 16.1. The van der Waals surface area contributed by atoms with Crippen molar-refractivity contribution in [3.05, 3.63) is 0 Å². The number of hydrogen-bond donors (Lipinski definition) is 2. The number of alkyl carbamates (subject to hydrolysis) is 1. The molecule has 0 rings (SSSR count). The van der Waals surface area contributed by atoms with Crippen LogP contribution in [0.15, 0.2) is 0 Å². The van der Waals surface area contributed by atoms with Crippen LogP contribution < -0.4 is 5.32 Å². The van der Waals surface area contributed by atoms with Gasteiger partial charge in [-0.3, -0.25) is 4.57 Å². The highest BCUT2D eigenvalue weighted by molar-refractivity contribution is 7.38. The highest BCUT2D eigenvalue weighted by Crippen LogP contribution is 2.19. The number of carbonyl (C=O) groups excluding carboxylic acids is 1. The first kappa shape index (κ1) is 12.5. The van der Waals surface area contributed by atoms with Gasteiger partial charge in [0.25, 0.3) is 0 Å². The molecular formula is C7H16NO4P. The molecule has 0 aliphatic carbocycles. The third-order valence-electron chi connectivity index (χ3n) is 1.10. The van der Waals surface area contributed by atoms with Crippen molar-refractivity contribution in [1.29, 1.82) is 0 Å². The van der Waals surface area contributed by atoms with Crippen LogP contribution in [0.25, 0.3) is 0 Å². The van der Waals surface area contributed by atoms with Crippen LogP contribution in [0.3, 0.4) is 0 Å².